The minimum Gasteiger partial charge on any atom is -0.329 e. The van der Waals surface area contributed by atoms with Crippen molar-refractivity contribution in [2.24, 2.45) is 11.7 Å². The van der Waals surface area contributed by atoms with Gasteiger partial charge in [-0.15, -0.1) is 11.3 Å². The van der Waals surface area contributed by atoms with E-state index in [9.17, 15) is 0 Å². The van der Waals surface area contributed by atoms with Crippen molar-refractivity contribution in [1.82, 2.24) is 4.90 Å². The molecule has 0 amide bonds. The third-order valence-electron chi connectivity index (χ3n) is 4.97. The lowest BCUT2D eigenvalue weighted by atomic mass is 9.82. The monoisotopic (exact) mass is 294 g/mol. The van der Waals surface area contributed by atoms with Gasteiger partial charge in [0.05, 0.1) is 0 Å². The standard InChI is InChI=1S/C17H30N2S/c1-4-14(3)11-17(5-2,13-18)19(15-8-9-15)12-16-7-6-10-20-16/h6-7,10,14-15H,4-5,8-9,11-13,18H2,1-3H3. The minimum atomic E-state index is 0.195. The van der Waals surface area contributed by atoms with E-state index in [0.29, 0.717) is 0 Å². The number of rotatable bonds is 9. The molecular formula is C17H30N2S. The van der Waals surface area contributed by atoms with Gasteiger partial charge in [-0.05, 0) is 43.0 Å². The van der Waals surface area contributed by atoms with Crippen LogP contribution in [0.1, 0.15) is 57.8 Å². The summed E-state index contributed by atoms with van der Waals surface area (Å²) < 4.78 is 0. The molecule has 0 aromatic carbocycles. The Kier molecular flexibility index (Phi) is 5.65. The van der Waals surface area contributed by atoms with Crippen LogP contribution in [0.2, 0.25) is 0 Å². The van der Waals surface area contributed by atoms with E-state index >= 15 is 0 Å². The van der Waals surface area contributed by atoms with E-state index in [1.54, 1.807) is 0 Å². The average molecular weight is 295 g/mol. The number of thiophene rings is 1. The van der Waals surface area contributed by atoms with Crippen LogP contribution in [-0.2, 0) is 6.54 Å². The molecule has 1 aromatic rings. The normalized spacial score (nSPS) is 20.1. The van der Waals surface area contributed by atoms with Crippen LogP contribution in [0.5, 0.6) is 0 Å². The average Bonchev–Trinajstić information content (AvgIpc) is 3.19. The fourth-order valence-corrected chi connectivity index (χ4v) is 3.95. The zero-order chi connectivity index (χ0) is 14.6. The van der Waals surface area contributed by atoms with Crippen molar-refractivity contribution in [3.8, 4) is 0 Å². The molecule has 0 spiro atoms. The second-order valence-electron chi connectivity index (χ2n) is 6.44. The maximum atomic E-state index is 6.28. The van der Waals surface area contributed by atoms with Crippen LogP contribution >= 0.6 is 11.3 Å². The van der Waals surface area contributed by atoms with Gasteiger partial charge in [0.2, 0.25) is 0 Å². The summed E-state index contributed by atoms with van der Waals surface area (Å²) in [6, 6.07) is 5.19. The van der Waals surface area contributed by atoms with Gasteiger partial charge in [0.25, 0.3) is 0 Å². The predicted octanol–water partition coefficient (Wildman–Crippen LogP) is 4.26. The second-order valence-corrected chi connectivity index (χ2v) is 7.47. The molecular weight excluding hydrogens is 264 g/mol. The first-order valence-electron chi connectivity index (χ1n) is 8.14. The third-order valence-corrected chi connectivity index (χ3v) is 5.83. The molecule has 0 radical (unpaired) electrons. The summed E-state index contributed by atoms with van der Waals surface area (Å²) in [4.78, 5) is 4.22. The molecule has 1 aliphatic rings. The van der Waals surface area contributed by atoms with E-state index in [-0.39, 0.29) is 5.54 Å². The number of nitrogens with two attached hydrogens (primary N) is 1. The van der Waals surface area contributed by atoms with E-state index < -0.39 is 0 Å². The van der Waals surface area contributed by atoms with Gasteiger partial charge in [-0.1, -0.05) is 33.3 Å². The molecule has 114 valence electrons. The Morgan fingerprint density at radius 3 is 2.65 bits per heavy atom. The smallest absolute Gasteiger partial charge is 0.0338 e. The maximum absolute atomic E-state index is 6.28. The Morgan fingerprint density at radius 1 is 1.45 bits per heavy atom. The van der Waals surface area contributed by atoms with Crippen molar-refractivity contribution < 1.29 is 0 Å². The Balaban J connectivity index is 2.17. The van der Waals surface area contributed by atoms with Crippen LogP contribution in [-0.4, -0.2) is 23.0 Å². The lowest BCUT2D eigenvalue weighted by Gasteiger charge is -2.45. The first kappa shape index (κ1) is 16.0. The lowest BCUT2D eigenvalue weighted by molar-refractivity contribution is 0.0508. The van der Waals surface area contributed by atoms with Crippen LogP contribution in [0.25, 0.3) is 0 Å². The highest BCUT2D eigenvalue weighted by Gasteiger charge is 2.42. The molecule has 20 heavy (non-hydrogen) atoms. The summed E-state index contributed by atoms with van der Waals surface area (Å²) in [7, 11) is 0. The van der Waals surface area contributed by atoms with E-state index in [1.807, 2.05) is 11.3 Å². The first-order valence-corrected chi connectivity index (χ1v) is 9.02. The number of nitrogens with zero attached hydrogens (tertiary/aromatic N) is 1. The Bertz CT molecular complexity index is 380. The molecule has 1 aliphatic carbocycles. The first-order chi connectivity index (χ1) is 9.65. The quantitative estimate of drug-likeness (QED) is 0.737. The molecule has 1 heterocycles. The van der Waals surface area contributed by atoms with Gasteiger partial charge in [0, 0.05) is 29.5 Å². The van der Waals surface area contributed by atoms with Crippen molar-refractivity contribution in [2.45, 2.75) is 71.0 Å². The lowest BCUT2D eigenvalue weighted by Crippen LogP contribution is -2.55. The highest BCUT2D eigenvalue weighted by molar-refractivity contribution is 7.09. The maximum Gasteiger partial charge on any atom is 0.0338 e. The molecule has 0 saturated heterocycles. The highest BCUT2D eigenvalue weighted by atomic mass is 32.1. The molecule has 1 saturated carbocycles. The summed E-state index contributed by atoms with van der Waals surface area (Å²) >= 11 is 1.88. The summed E-state index contributed by atoms with van der Waals surface area (Å²) in [6.07, 6.45) is 6.36. The van der Waals surface area contributed by atoms with E-state index in [1.165, 1.54) is 30.6 Å². The summed E-state index contributed by atoms with van der Waals surface area (Å²) in [5.74, 6) is 0.753. The van der Waals surface area contributed by atoms with Crippen molar-refractivity contribution in [1.29, 1.82) is 0 Å². The second kappa shape index (κ2) is 7.06. The SMILES string of the molecule is CCC(C)CC(CC)(CN)N(Cc1cccs1)C1CC1. The van der Waals surface area contributed by atoms with Crippen LogP contribution < -0.4 is 5.73 Å². The Hall–Kier alpha value is -0.380. The topological polar surface area (TPSA) is 29.3 Å². The highest BCUT2D eigenvalue weighted by Crippen LogP contribution is 2.39. The number of hydrogen-bond donors (Lipinski definition) is 1. The largest absolute Gasteiger partial charge is 0.329 e. The molecule has 2 atom stereocenters. The van der Waals surface area contributed by atoms with Gasteiger partial charge >= 0.3 is 0 Å². The molecule has 2 N–H and O–H groups in total. The molecule has 1 fully saturated rings. The van der Waals surface area contributed by atoms with Crippen molar-refractivity contribution in [3.05, 3.63) is 22.4 Å². The number of hydrogen-bond acceptors (Lipinski definition) is 3. The molecule has 0 aliphatic heterocycles. The predicted molar refractivity (Wildman–Crippen MR) is 89.0 cm³/mol. The summed E-state index contributed by atoms with van der Waals surface area (Å²) in [5, 5.41) is 2.19. The molecule has 0 bridgehead atoms. The van der Waals surface area contributed by atoms with Gasteiger partial charge in [-0.3, -0.25) is 4.90 Å². The summed E-state index contributed by atoms with van der Waals surface area (Å²) in [5.41, 5.74) is 6.47. The fraction of sp³-hybridized carbons (Fsp3) is 0.765. The molecule has 2 nitrogen and oxygen atoms in total. The van der Waals surface area contributed by atoms with Gasteiger partial charge in [-0.25, -0.2) is 0 Å². The summed E-state index contributed by atoms with van der Waals surface area (Å²) in [6.45, 7) is 8.86. The van der Waals surface area contributed by atoms with Crippen LogP contribution in [0.15, 0.2) is 17.5 Å². The van der Waals surface area contributed by atoms with Crippen LogP contribution in [0.3, 0.4) is 0 Å². The minimum absolute atomic E-state index is 0.195. The zero-order valence-electron chi connectivity index (χ0n) is 13.3. The molecule has 3 heteroatoms. The fourth-order valence-electron chi connectivity index (χ4n) is 3.24. The van der Waals surface area contributed by atoms with Gasteiger partial charge in [-0.2, -0.15) is 0 Å². The van der Waals surface area contributed by atoms with Crippen molar-refractivity contribution in [3.63, 3.8) is 0 Å². The van der Waals surface area contributed by atoms with Crippen molar-refractivity contribution >= 4 is 11.3 Å². The van der Waals surface area contributed by atoms with Crippen LogP contribution in [0, 0.1) is 5.92 Å². The third kappa shape index (κ3) is 3.63. The van der Waals surface area contributed by atoms with Gasteiger partial charge < -0.3 is 5.73 Å². The van der Waals surface area contributed by atoms with Gasteiger partial charge in [0.1, 0.15) is 0 Å². The van der Waals surface area contributed by atoms with Gasteiger partial charge in [0.15, 0.2) is 0 Å². The van der Waals surface area contributed by atoms with E-state index in [4.69, 9.17) is 5.73 Å². The molecule has 2 rings (SSSR count). The zero-order valence-corrected chi connectivity index (χ0v) is 14.1. The van der Waals surface area contributed by atoms with E-state index in [0.717, 1.165) is 31.5 Å². The molecule has 1 aromatic heterocycles. The molecule has 2 unspecified atom stereocenters. The van der Waals surface area contributed by atoms with Crippen molar-refractivity contribution in [2.75, 3.05) is 6.54 Å². The van der Waals surface area contributed by atoms with E-state index in [2.05, 4.69) is 43.2 Å². The Morgan fingerprint density at radius 2 is 2.20 bits per heavy atom. The Labute approximate surface area is 128 Å². The van der Waals surface area contributed by atoms with Crippen LogP contribution in [0.4, 0.5) is 0 Å².